The standard InChI is InChI=1S/C30H26N4O5/c31-26-15-14-20(34(37)38)17-27(26)32-29(35)28(16-19-8-2-1-3-9-19)33-30(36)39-18-25-23-12-6-4-10-21(23)22-11-5-7-13-24(22)25/h1-15,17,25,28H,16,18,31H2,(H,32,35)(H,33,36)/t28-/m1/s1. The third kappa shape index (κ3) is 5.57. The number of nitro benzene ring substituents is 1. The van der Waals surface area contributed by atoms with E-state index in [4.69, 9.17) is 10.5 Å². The van der Waals surface area contributed by atoms with Crippen LogP contribution in [0.15, 0.2) is 97.1 Å². The molecule has 0 saturated heterocycles. The van der Waals surface area contributed by atoms with Gasteiger partial charge in [-0.25, -0.2) is 4.79 Å². The molecule has 5 rings (SSSR count). The number of fused-ring (bicyclic) bond motifs is 3. The van der Waals surface area contributed by atoms with Crippen molar-refractivity contribution in [3.05, 3.63) is 124 Å². The van der Waals surface area contributed by atoms with E-state index in [2.05, 4.69) is 10.6 Å². The largest absolute Gasteiger partial charge is 0.449 e. The minimum atomic E-state index is -1.03. The van der Waals surface area contributed by atoms with Gasteiger partial charge in [-0.05, 0) is 33.9 Å². The van der Waals surface area contributed by atoms with Gasteiger partial charge in [-0.15, -0.1) is 0 Å². The molecule has 2 amide bonds. The second-order valence-corrected chi connectivity index (χ2v) is 9.23. The van der Waals surface area contributed by atoms with Gasteiger partial charge in [0.15, 0.2) is 0 Å². The molecule has 0 fully saturated rings. The molecular weight excluding hydrogens is 496 g/mol. The Labute approximate surface area is 224 Å². The Hall–Kier alpha value is -5.18. The minimum absolute atomic E-state index is 0.0848. The summed E-state index contributed by atoms with van der Waals surface area (Å²) in [5.41, 5.74) is 11.1. The number of benzene rings is 4. The van der Waals surface area contributed by atoms with E-state index in [0.717, 1.165) is 27.8 Å². The predicted molar refractivity (Wildman–Crippen MR) is 148 cm³/mol. The maximum absolute atomic E-state index is 13.3. The van der Waals surface area contributed by atoms with E-state index in [1.165, 1.54) is 18.2 Å². The van der Waals surface area contributed by atoms with E-state index in [-0.39, 0.29) is 36.0 Å². The summed E-state index contributed by atoms with van der Waals surface area (Å²) in [7, 11) is 0. The van der Waals surface area contributed by atoms with E-state index < -0.39 is 23.0 Å². The maximum Gasteiger partial charge on any atom is 0.407 e. The van der Waals surface area contributed by atoms with E-state index >= 15 is 0 Å². The van der Waals surface area contributed by atoms with E-state index in [1.54, 1.807) is 0 Å². The number of alkyl carbamates (subject to hydrolysis) is 1. The molecule has 0 radical (unpaired) electrons. The van der Waals surface area contributed by atoms with Gasteiger partial charge in [0.1, 0.15) is 12.6 Å². The number of rotatable bonds is 8. The number of amides is 2. The van der Waals surface area contributed by atoms with Crippen LogP contribution in [0.25, 0.3) is 11.1 Å². The van der Waals surface area contributed by atoms with Crippen LogP contribution in [0.2, 0.25) is 0 Å². The van der Waals surface area contributed by atoms with Gasteiger partial charge in [-0.1, -0.05) is 78.9 Å². The van der Waals surface area contributed by atoms with Crippen molar-refractivity contribution in [2.45, 2.75) is 18.4 Å². The topological polar surface area (TPSA) is 137 Å². The van der Waals surface area contributed by atoms with Gasteiger partial charge in [0.25, 0.3) is 5.69 Å². The summed E-state index contributed by atoms with van der Waals surface area (Å²) in [6.45, 7) is 0.0946. The number of ether oxygens (including phenoxy) is 1. The maximum atomic E-state index is 13.3. The molecule has 0 heterocycles. The number of nitro groups is 1. The van der Waals surface area contributed by atoms with Crippen molar-refractivity contribution >= 4 is 29.1 Å². The molecule has 0 aromatic heterocycles. The zero-order chi connectivity index (χ0) is 27.4. The Morgan fingerprint density at radius 3 is 2.15 bits per heavy atom. The molecule has 196 valence electrons. The molecule has 4 aromatic carbocycles. The number of carbonyl (C=O) groups is 2. The zero-order valence-corrected chi connectivity index (χ0v) is 20.9. The molecule has 0 saturated carbocycles. The summed E-state index contributed by atoms with van der Waals surface area (Å²) in [4.78, 5) is 36.8. The van der Waals surface area contributed by atoms with Crippen LogP contribution in [-0.4, -0.2) is 29.6 Å². The molecule has 4 aromatic rings. The van der Waals surface area contributed by atoms with Crippen LogP contribution in [0, 0.1) is 10.1 Å². The lowest BCUT2D eigenvalue weighted by atomic mass is 9.98. The van der Waals surface area contributed by atoms with Crippen molar-refractivity contribution in [3.8, 4) is 11.1 Å². The van der Waals surface area contributed by atoms with Crippen LogP contribution in [0.4, 0.5) is 21.9 Å². The van der Waals surface area contributed by atoms with Crippen LogP contribution in [-0.2, 0) is 16.0 Å². The van der Waals surface area contributed by atoms with Crippen molar-refractivity contribution in [1.82, 2.24) is 5.32 Å². The smallest absolute Gasteiger partial charge is 0.407 e. The van der Waals surface area contributed by atoms with Crippen molar-refractivity contribution in [1.29, 1.82) is 0 Å². The molecular formula is C30H26N4O5. The SMILES string of the molecule is Nc1ccc([N+](=O)[O-])cc1NC(=O)[C@@H](Cc1ccccc1)NC(=O)OCC1c2ccccc2-c2ccccc21. The second-order valence-electron chi connectivity index (χ2n) is 9.23. The molecule has 4 N–H and O–H groups in total. The first-order chi connectivity index (χ1) is 18.9. The average Bonchev–Trinajstić information content (AvgIpc) is 3.27. The van der Waals surface area contributed by atoms with Crippen LogP contribution in [0.5, 0.6) is 0 Å². The number of nitrogen functional groups attached to an aromatic ring is 1. The van der Waals surface area contributed by atoms with Gasteiger partial charge in [0.05, 0.1) is 16.3 Å². The van der Waals surface area contributed by atoms with Crippen molar-refractivity contribution in [3.63, 3.8) is 0 Å². The normalized spacial score (nSPS) is 12.6. The number of hydrogen-bond acceptors (Lipinski definition) is 6. The molecule has 9 nitrogen and oxygen atoms in total. The lowest BCUT2D eigenvalue weighted by Gasteiger charge is -2.20. The van der Waals surface area contributed by atoms with Gasteiger partial charge in [-0.2, -0.15) is 0 Å². The summed E-state index contributed by atoms with van der Waals surface area (Å²) in [5.74, 6) is -0.714. The Bertz CT molecular complexity index is 1490. The van der Waals surface area contributed by atoms with Gasteiger partial charge in [0.2, 0.25) is 5.91 Å². The summed E-state index contributed by atoms with van der Waals surface area (Å²) >= 11 is 0. The number of carbonyl (C=O) groups excluding carboxylic acids is 2. The van der Waals surface area contributed by atoms with Crippen LogP contribution in [0.1, 0.15) is 22.6 Å². The molecule has 9 heteroatoms. The quantitative estimate of drug-likeness (QED) is 0.164. The third-order valence-corrected chi connectivity index (χ3v) is 6.74. The van der Waals surface area contributed by atoms with Gasteiger partial charge in [0, 0.05) is 24.5 Å². The highest BCUT2D eigenvalue weighted by Gasteiger charge is 2.30. The highest BCUT2D eigenvalue weighted by molar-refractivity contribution is 5.99. The Kier molecular flexibility index (Phi) is 7.22. The molecule has 0 bridgehead atoms. The van der Waals surface area contributed by atoms with Crippen molar-refractivity contribution in [2.24, 2.45) is 0 Å². The number of hydrogen-bond donors (Lipinski definition) is 3. The van der Waals surface area contributed by atoms with E-state index in [0.29, 0.717) is 0 Å². The van der Waals surface area contributed by atoms with Gasteiger partial charge >= 0.3 is 6.09 Å². The first-order valence-electron chi connectivity index (χ1n) is 12.4. The minimum Gasteiger partial charge on any atom is -0.449 e. The monoisotopic (exact) mass is 522 g/mol. The Morgan fingerprint density at radius 2 is 1.51 bits per heavy atom. The van der Waals surface area contributed by atoms with Crippen molar-refractivity contribution in [2.75, 3.05) is 17.7 Å². The van der Waals surface area contributed by atoms with Crippen LogP contribution in [0.3, 0.4) is 0 Å². The number of nitrogens with one attached hydrogen (secondary N) is 2. The fourth-order valence-corrected chi connectivity index (χ4v) is 4.83. The predicted octanol–water partition coefficient (Wildman–Crippen LogP) is 5.27. The molecule has 1 aliphatic rings. The molecule has 0 unspecified atom stereocenters. The Morgan fingerprint density at radius 1 is 0.897 bits per heavy atom. The fourth-order valence-electron chi connectivity index (χ4n) is 4.83. The zero-order valence-electron chi connectivity index (χ0n) is 20.9. The first-order valence-corrected chi connectivity index (χ1v) is 12.4. The summed E-state index contributed by atoms with van der Waals surface area (Å²) in [5, 5.41) is 16.5. The Balaban J connectivity index is 1.32. The van der Waals surface area contributed by atoms with Gasteiger partial charge < -0.3 is 21.1 Å². The third-order valence-electron chi connectivity index (χ3n) is 6.74. The number of nitrogens with zero attached hydrogens (tertiary/aromatic N) is 1. The van der Waals surface area contributed by atoms with E-state index in [1.807, 2.05) is 78.9 Å². The summed E-state index contributed by atoms with van der Waals surface area (Å²) < 4.78 is 5.64. The van der Waals surface area contributed by atoms with E-state index in [9.17, 15) is 19.7 Å². The summed E-state index contributed by atoms with van der Waals surface area (Å²) in [6.07, 6.45) is -0.578. The number of anilines is 2. The van der Waals surface area contributed by atoms with Gasteiger partial charge in [-0.3, -0.25) is 14.9 Å². The second kappa shape index (κ2) is 11.1. The van der Waals surface area contributed by atoms with Crippen LogP contribution >= 0.6 is 0 Å². The highest BCUT2D eigenvalue weighted by atomic mass is 16.6. The lowest BCUT2D eigenvalue weighted by molar-refractivity contribution is -0.384. The summed E-state index contributed by atoms with van der Waals surface area (Å²) in [6, 6.07) is 27.9. The molecule has 0 spiro atoms. The molecule has 39 heavy (non-hydrogen) atoms. The number of non-ortho nitro benzene ring substituents is 1. The lowest BCUT2D eigenvalue weighted by Crippen LogP contribution is -2.45. The number of nitrogens with two attached hydrogens (primary N) is 1. The fraction of sp³-hybridized carbons (Fsp3) is 0.133. The highest BCUT2D eigenvalue weighted by Crippen LogP contribution is 2.44. The molecule has 1 atom stereocenters. The molecule has 0 aliphatic heterocycles. The first kappa shape index (κ1) is 25.5. The van der Waals surface area contributed by atoms with Crippen molar-refractivity contribution < 1.29 is 19.2 Å². The average molecular weight is 523 g/mol. The van der Waals surface area contributed by atoms with Crippen LogP contribution < -0.4 is 16.4 Å². The molecule has 1 aliphatic carbocycles.